The summed E-state index contributed by atoms with van der Waals surface area (Å²) in [7, 11) is 0. The van der Waals surface area contributed by atoms with Crippen molar-refractivity contribution in [2.75, 3.05) is 13.1 Å². The topological polar surface area (TPSA) is 53.4 Å². The molecule has 2 aromatic carbocycles. The van der Waals surface area contributed by atoms with Crippen LogP contribution in [-0.4, -0.2) is 40.1 Å². The second-order valence-corrected chi connectivity index (χ2v) is 7.15. The predicted molar refractivity (Wildman–Crippen MR) is 105 cm³/mol. The van der Waals surface area contributed by atoms with Crippen LogP contribution in [0.2, 0.25) is 0 Å². The lowest BCUT2D eigenvalue weighted by Gasteiger charge is -2.16. The standard InChI is InChI=1S/C23H21FN2O2/c24-21-4-2-1-3-20(21)17-5-7-18(8-6-17)23(28)26-14-19(22(27)15-26)13-16-9-11-25-12-10-16/h1-12,19,22,27H,13-15H2/t19-,22-/m1/s1. The van der Waals surface area contributed by atoms with Crippen LogP contribution in [0.25, 0.3) is 11.1 Å². The lowest BCUT2D eigenvalue weighted by molar-refractivity contribution is 0.0764. The van der Waals surface area contributed by atoms with Crippen molar-refractivity contribution in [3.8, 4) is 11.1 Å². The minimum atomic E-state index is -0.546. The number of amides is 1. The highest BCUT2D eigenvalue weighted by Gasteiger charge is 2.34. The van der Waals surface area contributed by atoms with Gasteiger partial charge in [-0.25, -0.2) is 4.39 Å². The lowest BCUT2D eigenvalue weighted by atomic mass is 9.97. The molecule has 1 N–H and O–H groups in total. The Morgan fingerprint density at radius 3 is 2.46 bits per heavy atom. The van der Waals surface area contributed by atoms with Gasteiger partial charge < -0.3 is 10.0 Å². The summed E-state index contributed by atoms with van der Waals surface area (Å²) in [6.07, 6.45) is 3.63. The smallest absolute Gasteiger partial charge is 0.253 e. The van der Waals surface area contributed by atoms with E-state index in [0.717, 1.165) is 11.1 Å². The minimum absolute atomic E-state index is 0.00374. The number of nitrogens with zero attached hydrogens (tertiary/aromatic N) is 2. The molecular formula is C23H21FN2O2. The molecule has 1 aliphatic rings. The molecule has 2 heterocycles. The van der Waals surface area contributed by atoms with Crippen molar-refractivity contribution < 1.29 is 14.3 Å². The van der Waals surface area contributed by atoms with Gasteiger partial charge in [-0.15, -0.1) is 0 Å². The maximum Gasteiger partial charge on any atom is 0.253 e. The fourth-order valence-corrected chi connectivity index (χ4v) is 3.71. The molecule has 0 unspecified atom stereocenters. The van der Waals surface area contributed by atoms with Gasteiger partial charge in [0.05, 0.1) is 6.10 Å². The van der Waals surface area contributed by atoms with Crippen LogP contribution >= 0.6 is 0 Å². The molecule has 5 heteroatoms. The first kappa shape index (κ1) is 18.3. The quantitative estimate of drug-likeness (QED) is 0.757. The maximum absolute atomic E-state index is 13.9. The Morgan fingerprint density at radius 2 is 1.75 bits per heavy atom. The van der Waals surface area contributed by atoms with E-state index in [1.54, 1.807) is 59.8 Å². The molecule has 1 amide bonds. The van der Waals surface area contributed by atoms with Gasteiger partial charge in [-0.05, 0) is 47.9 Å². The largest absolute Gasteiger partial charge is 0.391 e. The molecule has 1 fully saturated rings. The molecule has 0 radical (unpaired) electrons. The molecule has 0 aliphatic carbocycles. The summed E-state index contributed by atoms with van der Waals surface area (Å²) < 4.78 is 13.9. The predicted octanol–water partition coefficient (Wildman–Crippen LogP) is 3.56. The van der Waals surface area contributed by atoms with Crippen LogP contribution < -0.4 is 0 Å². The van der Waals surface area contributed by atoms with Crippen molar-refractivity contribution in [2.24, 2.45) is 5.92 Å². The molecule has 28 heavy (non-hydrogen) atoms. The number of rotatable bonds is 4. The third-order valence-electron chi connectivity index (χ3n) is 5.26. The number of likely N-dealkylation sites (tertiary alicyclic amines) is 1. The Balaban J connectivity index is 1.45. The molecule has 142 valence electrons. The van der Waals surface area contributed by atoms with Crippen molar-refractivity contribution in [3.05, 3.63) is 90.0 Å². The Bertz CT molecular complexity index is 960. The van der Waals surface area contributed by atoms with E-state index >= 15 is 0 Å². The van der Waals surface area contributed by atoms with Gasteiger partial charge in [-0.1, -0.05) is 30.3 Å². The molecule has 4 rings (SSSR count). The van der Waals surface area contributed by atoms with Crippen molar-refractivity contribution in [2.45, 2.75) is 12.5 Å². The zero-order valence-corrected chi connectivity index (χ0v) is 15.3. The van der Waals surface area contributed by atoms with Gasteiger partial charge in [0.2, 0.25) is 0 Å². The van der Waals surface area contributed by atoms with E-state index in [0.29, 0.717) is 30.6 Å². The van der Waals surface area contributed by atoms with Crippen molar-refractivity contribution in [1.29, 1.82) is 0 Å². The van der Waals surface area contributed by atoms with Gasteiger partial charge in [0.15, 0.2) is 0 Å². The van der Waals surface area contributed by atoms with Crippen LogP contribution in [0.1, 0.15) is 15.9 Å². The second-order valence-electron chi connectivity index (χ2n) is 7.15. The van der Waals surface area contributed by atoms with E-state index < -0.39 is 6.10 Å². The van der Waals surface area contributed by atoms with Gasteiger partial charge in [0.25, 0.3) is 5.91 Å². The van der Waals surface area contributed by atoms with Crippen molar-refractivity contribution in [3.63, 3.8) is 0 Å². The summed E-state index contributed by atoms with van der Waals surface area (Å²) in [5, 5.41) is 10.4. The third kappa shape index (κ3) is 3.80. The molecule has 0 saturated carbocycles. The fraction of sp³-hybridized carbons (Fsp3) is 0.217. The summed E-state index contributed by atoms with van der Waals surface area (Å²) in [6.45, 7) is 0.834. The van der Waals surface area contributed by atoms with Gasteiger partial charge in [0, 0.05) is 42.5 Å². The normalized spacial score (nSPS) is 19.0. The maximum atomic E-state index is 13.9. The number of β-amino-alcohol motifs (C(OH)–C–C–N with tert-alkyl or cyclic N) is 1. The summed E-state index contributed by atoms with van der Waals surface area (Å²) in [6, 6.07) is 17.4. The molecule has 0 spiro atoms. The van der Waals surface area contributed by atoms with Crippen LogP contribution in [-0.2, 0) is 6.42 Å². The number of pyridine rings is 1. The van der Waals surface area contributed by atoms with E-state index in [4.69, 9.17) is 0 Å². The molecule has 1 aliphatic heterocycles. The van der Waals surface area contributed by atoms with Crippen molar-refractivity contribution in [1.82, 2.24) is 9.88 Å². The summed E-state index contributed by atoms with van der Waals surface area (Å²) in [5.74, 6) is -0.399. The number of aromatic nitrogens is 1. The van der Waals surface area contributed by atoms with Crippen LogP contribution in [0, 0.1) is 11.7 Å². The highest BCUT2D eigenvalue weighted by molar-refractivity contribution is 5.95. The second kappa shape index (κ2) is 7.90. The number of hydrogen-bond acceptors (Lipinski definition) is 3. The Morgan fingerprint density at radius 1 is 1.04 bits per heavy atom. The molecule has 4 nitrogen and oxygen atoms in total. The molecule has 2 atom stereocenters. The Kier molecular flexibility index (Phi) is 5.17. The van der Waals surface area contributed by atoms with E-state index in [2.05, 4.69) is 4.98 Å². The van der Waals surface area contributed by atoms with Crippen LogP contribution in [0.15, 0.2) is 73.1 Å². The first-order valence-electron chi connectivity index (χ1n) is 9.33. The summed E-state index contributed by atoms with van der Waals surface area (Å²) in [5.41, 5.74) is 2.88. The van der Waals surface area contributed by atoms with Crippen LogP contribution in [0.5, 0.6) is 0 Å². The van der Waals surface area contributed by atoms with E-state index in [1.807, 2.05) is 12.1 Å². The summed E-state index contributed by atoms with van der Waals surface area (Å²) in [4.78, 5) is 18.5. The zero-order chi connectivity index (χ0) is 19.5. The van der Waals surface area contributed by atoms with E-state index in [-0.39, 0.29) is 17.6 Å². The van der Waals surface area contributed by atoms with Gasteiger partial charge in [-0.2, -0.15) is 0 Å². The first-order valence-corrected chi connectivity index (χ1v) is 9.33. The summed E-state index contributed by atoms with van der Waals surface area (Å²) >= 11 is 0. The number of carbonyl (C=O) groups is 1. The number of aliphatic hydroxyl groups excluding tert-OH is 1. The highest BCUT2D eigenvalue weighted by Crippen LogP contribution is 2.25. The third-order valence-corrected chi connectivity index (χ3v) is 5.26. The molecule has 1 aromatic heterocycles. The number of halogens is 1. The van der Waals surface area contributed by atoms with Gasteiger partial charge >= 0.3 is 0 Å². The van der Waals surface area contributed by atoms with Gasteiger partial charge in [0.1, 0.15) is 5.82 Å². The molecule has 0 bridgehead atoms. The van der Waals surface area contributed by atoms with Crippen LogP contribution in [0.3, 0.4) is 0 Å². The Labute approximate surface area is 163 Å². The lowest BCUT2D eigenvalue weighted by Crippen LogP contribution is -2.29. The minimum Gasteiger partial charge on any atom is -0.391 e. The number of aliphatic hydroxyl groups is 1. The monoisotopic (exact) mass is 376 g/mol. The number of hydrogen-bond donors (Lipinski definition) is 1. The van der Waals surface area contributed by atoms with E-state index in [9.17, 15) is 14.3 Å². The zero-order valence-electron chi connectivity index (χ0n) is 15.3. The fourth-order valence-electron chi connectivity index (χ4n) is 3.71. The highest BCUT2D eigenvalue weighted by atomic mass is 19.1. The first-order chi connectivity index (χ1) is 13.6. The number of carbonyl (C=O) groups excluding carboxylic acids is 1. The number of benzene rings is 2. The Hall–Kier alpha value is -3.05. The van der Waals surface area contributed by atoms with Crippen LogP contribution in [0.4, 0.5) is 4.39 Å². The molecular weight excluding hydrogens is 355 g/mol. The molecule has 3 aromatic rings. The SMILES string of the molecule is O=C(c1ccc(-c2ccccc2F)cc1)N1C[C@@H](Cc2ccncc2)[C@H](O)C1. The van der Waals surface area contributed by atoms with E-state index in [1.165, 1.54) is 6.07 Å². The molecule has 1 saturated heterocycles. The average Bonchev–Trinajstić information content (AvgIpc) is 3.09. The van der Waals surface area contributed by atoms with Gasteiger partial charge in [-0.3, -0.25) is 9.78 Å². The van der Waals surface area contributed by atoms with Crippen molar-refractivity contribution >= 4 is 5.91 Å². The average molecular weight is 376 g/mol.